The molecule has 0 bridgehead atoms. The monoisotopic (exact) mass is 335 g/mol. The van der Waals surface area contributed by atoms with Gasteiger partial charge in [-0.05, 0) is 11.6 Å². The average Bonchev–Trinajstić information content (AvgIpc) is 2.62. The molecule has 0 radical (unpaired) electrons. The SMILES string of the molecule is O=c1oc2ccccc2c(-c2ccccc2)c1-[n+]1ccccc1.[Cl-]. The summed E-state index contributed by atoms with van der Waals surface area (Å²) in [6, 6.07) is 23.2. The standard InChI is InChI=1S/C20H14NO2.ClH/c22-20-19(21-13-7-2-8-14-21)18(15-9-3-1-4-10-15)16-11-5-6-12-17(16)23-20;/h1-14H;1H/q+1;/p-1. The normalized spacial score (nSPS) is 10.3. The van der Waals surface area contributed by atoms with Crippen LogP contribution in [-0.2, 0) is 0 Å². The van der Waals surface area contributed by atoms with Gasteiger partial charge in [-0.15, -0.1) is 0 Å². The number of benzene rings is 2. The van der Waals surface area contributed by atoms with Gasteiger partial charge in [0.1, 0.15) is 5.58 Å². The van der Waals surface area contributed by atoms with Crippen molar-refractivity contribution in [1.29, 1.82) is 0 Å². The lowest BCUT2D eigenvalue weighted by Crippen LogP contribution is -3.00. The molecule has 2 aromatic heterocycles. The molecule has 0 amide bonds. The lowest BCUT2D eigenvalue weighted by Gasteiger charge is -2.07. The summed E-state index contributed by atoms with van der Waals surface area (Å²) in [4.78, 5) is 12.6. The molecule has 0 N–H and O–H groups in total. The van der Waals surface area contributed by atoms with Crippen LogP contribution >= 0.6 is 0 Å². The highest BCUT2D eigenvalue weighted by molar-refractivity contribution is 5.96. The molecule has 0 saturated heterocycles. The Morgan fingerprint density at radius 3 is 2.12 bits per heavy atom. The van der Waals surface area contributed by atoms with Crippen LogP contribution in [0.15, 0.2) is 94.4 Å². The van der Waals surface area contributed by atoms with Gasteiger partial charge in [0.25, 0.3) is 0 Å². The number of hydrogen-bond acceptors (Lipinski definition) is 2. The van der Waals surface area contributed by atoms with Crippen LogP contribution in [-0.4, -0.2) is 0 Å². The Morgan fingerprint density at radius 1 is 0.750 bits per heavy atom. The summed E-state index contributed by atoms with van der Waals surface area (Å²) in [7, 11) is 0. The van der Waals surface area contributed by atoms with Gasteiger partial charge in [0.15, 0.2) is 12.4 Å². The van der Waals surface area contributed by atoms with Gasteiger partial charge in [-0.3, -0.25) is 0 Å². The number of aromatic nitrogens is 1. The first-order valence-electron chi connectivity index (χ1n) is 7.42. The molecule has 118 valence electrons. The number of rotatable bonds is 2. The highest BCUT2D eigenvalue weighted by Gasteiger charge is 2.23. The molecule has 0 aliphatic rings. The van der Waals surface area contributed by atoms with Crippen molar-refractivity contribution in [2.75, 3.05) is 0 Å². The number of pyridine rings is 1. The summed E-state index contributed by atoms with van der Waals surface area (Å²) in [6.07, 6.45) is 3.71. The molecule has 0 unspecified atom stereocenters. The molecular formula is C20H14ClNO2. The first kappa shape index (κ1) is 16.0. The number of fused-ring (bicyclic) bond motifs is 1. The van der Waals surface area contributed by atoms with Gasteiger partial charge >= 0.3 is 11.3 Å². The van der Waals surface area contributed by atoms with Crippen LogP contribution < -0.4 is 22.6 Å². The maximum Gasteiger partial charge on any atom is 0.410 e. The second kappa shape index (κ2) is 6.69. The molecule has 4 heteroatoms. The highest BCUT2D eigenvalue weighted by atomic mass is 35.5. The maximum atomic E-state index is 12.6. The zero-order chi connectivity index (χ0) is 15.6. The fourth-order valence-electron chi connectivity index (χ4n) is 2.82. The molecule has 0 aliphatic carbocycles. The minimum absolute atomic E-state index is 0. The number of nitrogens with zero attached hydrogens (tertiary/aromatic N) is 1. The molecular weight excluding hydrogens is 322 g/mol. The Labute approximate surface area is 145 Å². The third-order valence-corrected chi connectivity index (χ3v) is 3.83. The second-order valence-electron chi connectivity index (χ2n) is 5.26. The Balaban J connectivity index is 0.00000169. The van der Waals surface area contributed by atoms with Crippen LogP contribution in [0.2, 0.25) is 0 Å². The van der Waals surface area contributed by atoms with Crippen molar-refractivity contribution in [3.8, 4) is 16.8 Å². The van der Waals surface area contributed by atoms with Crippen molar-refractivity contribution < 1.29 is 21.4 Å². The van der Waals surface area contributed by atoms with Gasteiger partial charge in [-0.1, -0.05) is 54.6 Å². The van der Waals surface area contributed by atoms with E-state index in [1.165, 1.54) is 0 Å². The van der Waals surface area contributed by atoms with Gasteiger partial charge in [-0.25, -0.2) is 4.79 Å². The van der Waals surface area contributed by atoms with E-state index in [0.29, 0.717) is 11.3 Å². The largest absolute Gasteiger partial charge is 1.00 e. The third-order valence-electron chi connectivity index (χ3n) is 3.83. The van der Waals surface area contributed by atoms with Crippen LogP contribution in [0.25, 0.3) is 27.8 Å². The van der Waals surface area contributed by atoms with Crippen molar-refractivity contribution in [2.45, 2.75) is 0 Å². The quantitative estimate of drug-likeness (QED) is 0.400. The summed E-state index contributed by atoms with van der Waals surface area (Å²) in [6.45, 7) is 0. The summed E-state index contributed by atoms with van der Waals surface area (Å²) in [5.74, 6) is 0. The number of halogens is 1. The molecule has 2 heterocycles. The van der Waals surface area contributed by atoms with E-state index in [9.17, 15) is 4.79 Å². The van der Waals surface area contributed by atoms with Crippen molar-refractivity contribution in [3.05, 3.63) is 95.6 Å². The van der Waals surface area contributed by atoms with Crippen LogP contribution in [0, 0.1) is 0 Å². The van der Waals surface area contributed by atoms with E-state index in [1.807, 2.05) is 85.2 Å². The van der Waals surface area contributed by atoms with Gasteiger partial charge in [0.05, 0.1) is 5.56 Å². The van der Waals surface area contributed by atoms with E-state index < -0.39 is 0 Å². The predicted molar refractivity (Wildman–Crippen MR) is 89.5 cm³/mol. The summed E-state index contributed by atoms with van der Waals surface area (Å²) in [5.41, 5.74) is 2.64. The Hall–Kier alpha value is -2.91. The van der Waals surface area contributed by atoms with Crippen molar-refractivity contribution in [2.24, 2.45) is 0 Å². The topological polar surface area (TPSA) is 34.1 Å². The molecule has 4 rings (SSSR count). The predicted octanol–water partition coefficient (Wildman–Crippen LogP) is 0.741. The van der Waals surface area contributed by atoms with Crippen molar-refractivity contribution in [1.82, 2.24) is 0 Å². The Bertz CT molecular complexity index is 1030. The lowest BCUT2D eigenvalue weighted by molar-refractivity contribution is -0.596. The van der Waals surface area contributed by atoms with Gasteiger partial charge in [0, 0.05) is 17.5 Å². The smallest absolute Gasteiger partial charge is 0.410 e. The molecule has 0 spiro atoms. The highest BCUT2D eigenvalue weighted by Crippen LogP contribution is 2.30. The van der Waals surface area contributed by atoms with E-state index in [0.717, 1.165) is 16.5 Å². The summed E-state index contributed by atoms with van der Waals surface area (Å²) >= 11 is 0. The molecule has 24 heavy (non-hydrogen) atoms. The summed E-state index contributed by atoms with van der Waals surface area (Å²) < 4.78 is 7.34. The van der Waals surface area contributed by atoms with Gasteiger partial charge in [0.2, 0.25) is 0 Å². The molecule has 0 saturated carbocycles. The molecule has 2 aromatic carbocycles. The van der Waals surface area contributed by atoms with Crippen molar-refractivity contribution >= 4 is 11.0 Å². The van der Waals surface area contributed by atoms with E-state index in [4.69, 9.17) is 4.42 Å². The average molecular weight is 336 g/mol. The van der Waals surface area contributed by atoms with Crippen LogP contribution in [0.1, 0.15) is 0 Å². The number of para-hydroxylation sites is 1. The molecule has 3 nitrogen and oxygen atoms in total. The molecule has 0 fully saturated rings. The lowest BCUT2D eigenvalue weighted by atomic mass is 10.00. The minimum Gasteiger partial charge on any atom is -1.00 e. The molecule has 4 aromatic rings. The van der Waals surface area contributed by atoms with Crippen LogP contribution in [0.4, 0.5) is 0 Å². The van der Waals surface area contributed by atoms with E-state index in [1.54, 1.807) is 4.57 Å². The molecule has 0 aliphatic heterocycles. The first-order valence-corrected chi connectivity index (χ1v) is 7.42. The Kier molecular flexibility index (Phi) is 4.45. The zero-order valence-corrected chi connectivity index (χ0v) is 13.5. The fourth-order valence-corrected chi connectivity index (χ4v) is 2.82. The molecule has 0 atom stereocenters. The zero-order valence-electron chi connectivity index (χ0n) is 12.7. The van der Waals surface area contributed by atoms with Crippen LogP contribution in [0.5, 0.6) is 0 Å². The second-order valence-corrected chi connectivity index (χ2v) is 5.26. The van der Waals surface area contributed by atoms with Crippen LogP contribution in [0.3, 0.4) is 0 Å². The van der Waals surface area contributed by atoms with Crippen molar-refractivity contribution in [3.63, 3.8) is 0 Å². The van der Waals surface area contributed by atoms with Gasteiger partial charge < -0.3 is 16.8 Å². The Morgan fingerprint density at radius 2 is 1.38 bits per heavy atom. The van der Waals surface area contributed by atoms with E-state index >= 15 is 0 Å². The number of hydrogen-bond donors (Lipinski definition) is 0. The maximum absolute atomic E-state index is 12.6. The fraction of sp³-hybridized carbons (Fsp3) is 0. The third kappa shape index (κ3) is 2.70. The van der Waals surface area contributed by atoms with E-state index in [-0.39, 0.29) is 18.0 Å². The van der Waals surface area contributed by atoms with Gasteiger partial charge in [-0.2, -0.15) is 4.57 Å². The first-order chi connectivity index (χ1) is 11.3. The minimum atomic E-state index is -0.348. The summed E-state index contributed by atoms with van der Waals surface area (Å²) in [5, 5.41) is 0.921. The van der Waals surface area contributed by atoms with E-state index in [2.05, 4.69) is 0 Å².